The summed E-state index contributed by atoms with van der Waals surface area (Å²) in [5, 5.41) is 12.6. The summed E-state index contributed by atoms with van der Waals surface area (Å²) in [6.07, 6.45) is 2.09. The molecule has 3 aromatic rings. The average Bonchev–Trinajstić information content (AvgIpc) is 3.01. The maximum atomic E-state index is 13.4. The first kappa shape index (κ1) is 28.7. The molecule has 5 rings (SSSR count). The molecule has 3 heterocycles. The van der Waals surface area contributed by atoms with Crippen molar-refractivity contribution in [1.82, 2.24) is 15.3 Å². The molecule has 9 nitrogen and oxygen atoms in total. The third-order valence-corrected chi connectivity index (χ3v) is 8.83. The molecular weight excluding hydrogens is 536 g/mol. The minimum absolute atomic E-state index is 0.202. The standard InChI is InChI=1S/C31H38N6O3S/c1-23-12-14-37(15-13-23)31-33-26(29(38)32-27(30(39)40)22-41-21-24-8-4-2-5-9-24)20-28(34-31)36-18-16-35(17-19-36)25-10-6-3-7-11-25/h2-11,20,23,27H,12-19,21-22H2,1H3,(H,32,38)(H,39,40)/t27-/m0/s1. The lowest BCUT2D eigenvalue weighted by Gasteiger charge is -2.37. The number of aliphatic carboxylic acids is 1. The molecule has 1 atom stereocenters. The lowest BCUT2D eigenvalue weighted by molar-refractivity contribution is -0.138. The molecule has 1 aromatic heterocycles. The number of nitrogens with one attached hydrogen (secondary N) is 1. The monoisotopic (exact) mass is 574 g/mol. The van der Waals surface area contributed by atoms with Crippen molar-refractivity contribution in [2.24, 2.45) is 5.92 Å². The topological polar surface area (TPSA) is 102 Å². The number of para-hydroxylation sites is 1. The molecule has 0 radical (unpaired) electrons. The molecule has 0 saturated carbocycles. The van der Waals surface area contributed by atoms with E-state index in [2.05, 4.69) is 44.1 Å². The second-order valence-corrected chi connectivity index (χ2v) is 11.8. The number of piperazine rings is 1. The van der Waals surface area contributed by atoms with Crippen LogP contribution in [0.1, 0.15) is 35.8 Å². The molecule has 2 saturated heterocycles. The molecule has 2 aliphatic heterocycles. The van der Waals surface area contributed by atoms with Crippen molar-refractivity contribution >= 4 is 41.1 Å². The van der Waals surface area contributed by atoms with Gasteiger partial charge in [-0.3, -0.25) is 4.79 Å². The number of benzene rings is 2. The Kier molecular flexibility index (Phi) is 9.61. The molecule has 216 valence electrons. The number of rotatable bonds is 10. The van der Waals surface area contributed by atoms with Crippen LogP contribution in [0.25, 0.3) is 0 Å². The van der Waals surface area contributed by atoms with Gasteiger partial charge in [-0.15, -0.1) is 0 Å². The zero-order valence-corrected chi connectivity index (χ0v) is 24.3. The van der Waals surface area contributed by atoms with Crippen LogP contribution in [0.4, 0.5) is 17.5 Å². The SMILES string of the molecule is CC1CCN(c2nc(C(=O)N[C@@H](CSCc3ccccc3)C(=O)O)cc(N3CCN(c4ccccc4)CC3)n2)CC1. The minimum Gasteiger partial charge on any atom is -0.480 e. The van der Waals surface area contributed by atoms with Crippen LogP contribution in [-0.2, 0) is 10.5 Å². The molecule has 0 unspecified atom stereocenters. The number of carbonyl (C=O) groups is 2. The number of carboxylic acids is 1. The van der Waals surface area contributed by atoms with E-state index in [4.69, 9.17) is 4.98 Å². The zero-order chi connectivity index (χ0) is 28.6. The van der Waals surface area contributed by atoms with Gasteiger partial charge in [-0.25, -0.2) is 9.78 Å². The van der Waals surface area contributed by atoms with Gasteiger partial charge in [-0.1, -0.05) is 55.5 Å². The highest BCUT2D eigenvalue weighted by Crippen LogP contribution is 2.25. The fraction of sp³-hybridized carbons (Fsp3) is 0.419. The lowest BCUT2D eigenvalue weighted by atomic mass is 10.00. The second kappa shape index (κ2) is 13.7. The van der Waals surface area contributed by atoms with Gasteiger partial charge in [0.2, 0.25) is 5.95 Å². The number of amides is 1. The van der Waals surface area contributed by atoms with Gasteiger partial charge in [0.25, 0.3) is 5.91 Å². The quantitative estimate of drug-likeness (QED) is 0.370. The van der Waals surface area contributed by atoms with Crippen LogP contribution < -0.4 is 20.0 Å². The van der Waals surface area contributed by atoms with E-state index in [0.29, 0.717) is 23.4 Å². The first-order valence-electron chi connectivity index (χ1n) is 14.3. The highest BCUT2D eigenvalue weighted by Gasteiger charge is 2.26. The highest BCUT2D eigenvalue weighted by atomic mass is 32.2. The molecule has 2 N–H and O–H groups in total. The molecule has 2 aromatic carbocycles. The first-order chi connectivity index (χ1) is 20.0. The van der Waals surface area contributed by atoms with Gasteiger partial charge in [0.05, 0.1) is 0 Å². The summed E-state index contributed by atoms with van der Waals surface area (Å²) in [6, 6.07) is 20.9. The van der Waals surface area contributed by atoms with Gasteiger partial charge in [0, 0.05) is 62.5 Å². The second-order valence-electron chi connectivity index (χ2n) is 10.8. The molecule has 1 amide bonds. The van der Waals surface area contributed by atoms with Gasteiger partial charge in [-0.2, -0.15) is 16.7 Å². The maximum Gasteiger partial charge on any atom is 0.327 e. The lowest BCUT2D eigenvalue weighted by Crippen LogP contribution is -2.47. The normalized spacial score (nSPS) is 16.9. The molecular formula is C31H38N6O3S. The van der Waals surface area contributed by atoms with E-state index in [0.717, 1.165) is 57.7 Å². The summed E-state index contributed by atoms with van der Waals surface area (Å²) in [5.41, 5.74) is 2.51. The summed E-state index contributed by atoms with van der Waals surface area (Å²) >= 11 is 1.48. The first-order valence-corrected chi connectivity index (χ1v) is 15.5. The van der Waals surface area contributed by atoms with E-state index in [1.54, 1.807) is 6.07 Å². The molecule has 10 heteroatoms. The number of piperidine rings is 1. The summed E-state index contributed by atoms with van der Waals surface area (Å²) in [7, 11) is 0. The Morgan fingerprint density at radius 2 is 1.54 bits per heavy atom. The third kappa shape index (κ3) is 7.70. The van der Waals surface area contributed by atoms with E-state index < -0.39 is 17.9 Å². The van der Waals surface area contributed by atoms with Crippen LogP contribution in [-0.4, -0.2) is 78.0 Å². The van der Waals surface area contributed by atoms with Crippen LogP contribution in [0.2, 0.25) is 0 Å². The summed E-state index contributed by atoms with van der Waals surface area (Å²) in [4.78, 5) is 41.7. The Morgan fingerprint density at radius 1 is 0.902 bits per heavy atom. The number of aromatic nitrogens is 2. The number of carboxylic acid groups (broad SMARTS) is 1. The van der Waals surface area contributed by atoms with E-state index in [1.807, 2.05) is 48.5 Å². The number of thioether (sulfide) groups is 1. The number of anilines is 3. The summed E-state index contributed by atoms with van der Waals surface area (Å²) in [6.45, 7) is 7.12. The molecule has 0 spiro atoms. The highest BCUT2D eigenvalue weighted by molar-refractivity contribution is 7.98. The smallest absolute Gasteiger partial charge is 0.327 e. The minimum atomic E-state index is -1.06. The van der Waals surface area contributed by atoms with E-state index in [-0.39, 0.29) is 11.4 Å². The van der Waals surface area contributed by atoms with Gasteiger partial charge in [0.1, 0.15) is 17.6 Å². The number of nitrogens with zero attached hydrogens (tertiary/aromatic N) is 5. The predicted octanol–water partition coefficient (Wildman–Crippen LogP) is 4.16. The summed E-state index contributed by atoms with van der Waals surface area (Å²) < 4.78 is 0. The van der Waals surface area contributed by atoms with Crippen LogP contribution in [0.5, 0.6) is 0 Å². The number of hydrogen-bond acceptors (Lipinski definition) is 8. The van der Waals surface area contributed by atoms with Crippen molar-refractivity contribution in [2.45, 2.75) is 31.6 Å². The van der Waals surface area contributed by atoms with Crippen molar-refractivity contribution < 1.29 is 14.7 Å². The van der Waals surface area contributed by atoms with Crippen LogP contribution >= 0.6 is 11.8 Å². The van der Waals surface area contributed by atoms with Crippen molar-refractivity contribution in [1.29, 1.82) is 0 Å². The average molecular weight is 575 g/mol. The van der Waals surface area contributed by atoms with Crippen molar-refractivity contribution in [2.75, 3.05) is 59.7 Å². The van der Waals surface area contributed by atoms with Gasteiger partial charge in [0.15, 0.2) is 0 Å². The maximum absolute atomic E-state index is 13.4. The third-order valence-electron chi connectivity index (χ3n) is 7.72. The van der Waals surface area contributed by atoms with Gasteiger partial charge in [-0.05, 0) is 36.5 Å². The molecule has 0 bridgehead atoms. The Morgan fingerprint density at radius 3 is 2.20 bits per heavy atom. The number of carbonyl (C=O) groups excluding carboxylic acids is 1. The van der Waals surface area contributed by atoms with Gasteiger partial charge >= 0.3 is 5.97 Å². The Bertz CT molecular complexity index is 1300. The Hall–Kier alpha value is -3.79. The number of hydrogen-bond donors (Lipinski definition) is 2. The van der Waals surface area contributed by atoms with Crippen molar-refractivity contribution in [3.05, 3.63) is 78.0 Å². The van der Waals surface area contributed by atoms with E-state index in [9.17, 15) is 14.7 Å². The fourth-order valence-corrected chi connectivity index (χ4v) is 6.17. The van der Waals surface area contributed by atoms with Crippen LogP contribution in [0.3, 0.4) is 0 Å². The van der Waals surface area contributed by atoms with Crippen LogP contribution in [0, 0.1) is 5.92 Å². The van der Waals surface area contributed by atoms with Crippen LogP contribution in [0.15, 0.2) is 66.7 Å². The Labute approximate surface area is 246 Å². The van der Waals surface area contributed by atoms with Crippen molar-refractivity contribution in [3.8, 4) is 0 Å². The molecule has 2 fully saturated rings. The molecule has 0 aliphatic carbocycles. The van der Waals surface area contributed by atoms with E-state index in [1.165, 1.54) is 17.4 Å². The molecule has 41 heavy (non-hydrogen) atoms. The van der Waals surface area contributed by atoms with E-state index >= 15 is 0 Å². The van der Waals surface area contributed by atoms with Gasteiger partial charge < -0.3 is 25.1 Å². The fourth-order valence-electron chi connectivity index (χ4n) is 5.16. The Balaban J connectivity index is 1.30. The largest absolute Gasteiger partial charge is 0.480 e. The van der Waals surface area contributed by atoms with Crippen molar-refractivity contribution in [3.63, 3.8) is 0 Å². The zero-order valence-electron chi connectivity index (χ0n) is 23.5. The predicted molar refractivity (Wildman–Crippen MR) is 165 cm³/mol. The summed E-state index contributed by atoms with van der Waals surface area (Å²) in [5.74, 6) is 1.27. The molecule has 2 aliphatic rings.